The Bertz CT molecular complexity index is 446. The smallest absolute Gasteiger partial charge is 0.295 e. The summed E-state index contributed by atoms with van der Waals surface area (Å²) in [5.74, 6) is 0.760. The molecule has 1 atom stereocenters. The van der Waals surface area contributed by atoms with Crippen LogP contribution in [0.5, 0.6) is 5.75 Å². The SMILES string of the molecule is COc1c(NCC2CCCCN2C)nc[nH]c1=O. The van der Waals surface area contributed by atoms with E-state index in [0.29, 0.717) is 11.9 Å². The van der Waals surface area contributed by atoms with Gasteiger partial charge in [0.25, 0.3) is 5.56 Å². The first-order valence-corrected chi connectivity index (χ1v) is 6.28. The summed E-state index contributed by atoms with van der Waals surface area (Å²) in [6.07, 6.45) is 5.09. The van der Waals surface area contributed by atoms with Gasteiger partial charge in [-0.3, -0.25) is 4.79 Å². The van der Waals surface area contributed by atoms with Gasteiger partial charge in [0.2, 0.25) is 5.75 Å². The Morgan fingerprint density at radius 2 is 2.44 bits per heavy atom. The molecule has 1 unspecified atom stereocenters. The molecule has 1 aliphatic heterocycles. The zero-order valence-corrected chi connectivity index (χ0v) is 10.9. The molecule has 1 aromatic heterocycles. The van der Waals surface area contributed by atoms with Crippen LogP contribution in [0.1, 0.15) is 19.3 Å². The summed E-state index contributed by atoms with van der Waals surface area (Å²) in [7, 11) is 3.61. The van der Waals surface area contributed by atoms with Gasteiger partial charge in [0, 0.05) is 12.6 Å². The number of aromatic nitrogens is 2. The molecule has 2 N–H and O–H groups in total. The lowest BCUT2D eigenvalue weighted by molar-refractivity contribution is 0.194. The second kappa shape index (κ2) is 5.86. The molecule has 1 aliphatic rings. The van der Waals surface area contributed by atoms with E-state index >= 15 is 0 Å². The van der Waals surface area contributed by atoms with Crippen LogP contribution >= 0.6 is 0 Å². The van der Waals surface area contributed by atoms with Crippen LogP contribution in [0.3, 0.4) is 0 Å². The normalized spacial score (nSPS) is 20.7. The molecule has 0 aliphatic carbocycles. The van der Waals surface area contributed by atoms with Gasteiger partial charge in [-0.2, -0.15) is 0 Å². The van der Waals surface area contributed by atoms with E-state index in [1.54, 1.807) is 0 Å². The van der Waals surface area contributed by atoms with Crippen LogP contribution in [0.15, 0.2) is 11.1 Å². The molecule has 100 valence electrons. The highest BCUT2D eigenvalue weighted by molar-refractivity contribution is 5.47. The Morgan fingerprint density at radius 1 is 1.61 bits per heavy atom. The average molecular weight is 252 g/mol. The van der Waals surface area contributed by atoms with E-state index in [9.17, 15) is 4.79 Å². The van der Waals surface area contributed by atoms with Crippen LogP contribution < -0.4 is 15.6 Å². The summed E-state index contributed by atoms with van der Waals surface area (Å²) in [5.41, 5.74) is -0.257. The summed E-state index contributed by atoms with van der Waals surface area (Å²) < 4.78 is 5.06. The Labute approximate surface area is 106 Å². The lowest BCUT2D eigenvalue weighted by Gasteiger charge is -2.32. The minimum atomic E-state index is -0.257. The number of anilines is 1. The van der Waals surface area contributed by atoms with Crippen molar-refractivity contribution in [2.75, 3.05) is 32.6 Å². The number of likely N-dealkylation sites (tertiary alicyclic amines) is 1. The van der Waals surface area contributed by atoms with Crippen molar-refractivity contribution in [1.29, 1.82) is 0 Å². The van der Waals surface area contributed by atoms with E-state index in [-0.39, 0.29) is 11.3 Å². The molecular weight excluding hydrogens is 232 g/mol. The first-order valence-electron chi connectivity index (χ1n) is 6.28. The molecule has 6 heteroatoms. The molecule has 18 heavy (non-hydrogen) atoms. The number of likely N-dealkylation sites (N-methyl/N-ethyl adjacent to an activating group) is 1. The molecule has 0 spiro atoms. The number of methoxy groups -OCH3 is 1. The summed E-state index contributed by atoms with van der Waals surface area (Å²) in [6, 6.07) is 0.490. The molecule has 1 fully saturated rings. The van der Waals surface area contributed by atoms with Gasteiger partial charge in [-0.1, -0.05) is 6.42 Å². The van der Waals surface area contributed by atoms with Crippen molar-refractivity contribution in [3.63, 3.8) is 0 Å². The van der Waals surface area contributed by atoms with E-state index in [0.717, 1.165) is 13.1 Å². The van der Waals surface area contributed by atoms with Crippen LogP contribution in [-0.2, 0) is 0 Å². The number of ether oxygens (including phenoxy) is 1. The Morgan fingerprint density at radius 3 is 3.17 bits per heavy atom. The lowest BCUT2D eigenvalue weighted by atomic mass is 10.0. The predicted octanol–water partition coefficient (Wildman–Crippen LogP) is 0.675. The Balaban J connectivity index is 2.01. The third-order valence-corrected chi connectivity index (χ3v) is 3.44. The average Bonchev–Trinajstić information content (AvgIpc) is 2.38. The highest BCUT2D eigenvalue weighted by Crippen LogP contribution is 2.18. The number of rotatable bonds is 4. The number of aromatic amines is 1. The zero-order chi connectivity index (χ0) is 13.0. The largest absolute Gasteiger partial charge is 0.489 e. The number of hydrogen-bond acceptors (Lipinski definition) is 5. The van der Waals surface area contributed by atoms with Crippen LogP contribution in [0.25, 0.3) is 0 Å². The van der Waals surface area contributed by atoms with E-state index in [1.165, 1.54) is 32.7 Å². The van der Waals surface area contributed by atoms with Gasteiger partial charge in [-0.15, -0.1) is 0 Å². The number of piperidine rings is 1. The molecule has 0 saturated carbocycles. The van der Waals surface area contributed by atoms with Gasteiger partial charge >= 0.3 is 0 Å². The summed E-state index contributed by atoms with van der Waals surface area (Å²) in [6.45, 7) is 1.91. The molecule has 1 saturated heterocycles. The van der Waals surface area contributed by atoms with E-state index < -0.39 is 0 Å². The molecular formula is C12H20N4O2. The van der Waals surface area contributed by atoms with Crippen molar-refractivity contribution in [1.82, 2.24) is 14.9 Å². The fourth-order valence-electron chi connectivity index (χ4n) is 2.32. The molecule has 0 radical (unpaired) electrons. The highest BCUT2D eigenvalue weighted by atomic mass is 16.5. The van der Waals surface area contributed by atoms with E-state index in [2.05, 4.69) is 27.2 Å². The van der Waals surface area contributed by atoms with Crippen molar-refractivity contribution < 1.29 is 4.74 Å². The number of H-pyrrole nitrogens is 1. The van der Waals surface area contributed by atoms with Gasteiger partial charge in [0.15, 0.2) is 5.82 Å². The summed E-state index contributed by atoms with van der Waals surface area (Å²) in [5, 5.41) is 3.21. The second-order valence-electron chi connectivity index (χ2n) is 4.62. The lowest BCUT2D eigenvalue weighted by Crippen LogP contribution is -2.41. The molecule has 2 rings (SSSR count). The molecule has 1 aromatic rings. The van der Waals surface area contributed by atoms with Gasteiger partial charge in [0.1, 0.15) is 0 Å². The molecule has 0 bridgehead atoms. The minimum absolute atomic E-state index is 0.246. The molecule has 0 amide bonds. The summed E-state index contributed by atoms with van der Waals surface area (Å²) >= 11 is 0. The van der Waals surface area contributed by atoms with Crippen molar-refractivity contribution in [2.45, 2.75) is 25.3 Å². The van der Waals surface area contributed by atoms with E-state index in [4.69, 9.17) is 4.74 Å². The van der Waals surface area contributed by atoms with Crippen molar-refractivity contribution >= 4 is 5.82 Å². The van der Waals surface area contributed by atoms with Gasteiger partial charge in [-0.05, 0) is 26.4 Å². The van der Waals surface area contributed by atoms with Crippen LogP contribution in [0.4, 0.5) is 5.82 Å². The molecule has 6 nitrogen and oxygen atoms in total. The van der Waals surface area contributed by atoms with Crippen molar-refractivity contribution in [2.24, 2.45) is 0 Å². The van der Waals surface area contributed by atoms with Crippen molar-refractivity contribution in [3.8, 4) is 5.75 Å². The molecule has 2 heterocycles. The summed E-state index contributed by atoms with van der Waals surface area (Å²) in [4.78, 5) is 20.5. The third kappa shape index (κ3) is 2.81. The first-order chi connectivity index (χ1) is 8.72. The third-order valence-electron chi connectivity index (χ3n) is 3.44. The van der Waals surface area contributed by atoms with Crippen LogP contribution in [0, 0.1) is 0 Å². The Kier molecular flexibility index (Phi) is 4.19. The minimum Gasteiger partial charge on any atom is -0.489 e. The first kappa shape index (κ1) is 12.9. The number of nitrogens with one attached hydrogen (secondary N) is 2. The zero-order valence-electron chi connectivity index (χ0n) is 10.9. The Hall–Kier alpha value is -1.56. The van der Waals surface area contributed by atoms with E-state index in [1.807, 2.05) is 0 Å². The van der Waals surface area contributed by atoms with Gasteiger partial charge < -0.3 is 19.9 Å². The predicted molar refractivity (Wildman–Crippen MR) is 70.2 cm³/mol. The highest BCUT2D eigenvalue weighted by Gasteiger charge is 2.19. The quantitative estimate of drug-likeness (QED) is 0.824. The maximum absolute atomic E-state index is 11.5. The van der Waals surface area contributed by atoms with Crippen molar-refractivity contribution in [3.05, 3.63) is 16.7 Å². The van der Waals surface area contributed by atoms with Gasteiger partial charge in [0.05, 0.1) is 13.4 Å². The monoisotopic (exact) mass is 252 g/mol. The maximum atomic E-state index is 11.5. The number of hydrogen-bond donors (Lipinski definition) is 2. The fourth-order valence-corrected chi connectivity index (χ4v) is 2.32. The fraction of sp³-hybridized carbons (Fsp3) is 0.667. The van der Waals surface area contributed by atoms with Crippen LogP contribution in [-0.4, -0.2) is 48.2 Å². The topological polar surface area (TPSA) is 70.2 Å². The van der Waals surface area contributed by atoms with Gasteiger partial charge in [-0.25, -0.2) is 4.98 Å². The standard InChI is InChI=1S/C12H20N4O2/c1-16-6-4-3-5-9(16)7-13-11-10(18-2)12(17)15-8-14-11/h8-9H,3-7H2,1-2H3,(H2,13,14,15,17). The van der Waals surface area contributed by atoms with Crippen LogP contribution in [0.2, 0.25) is 0 Å². The number of nitrogens with zero attached hydrogens (tertiary/aromatic N) is 2. The second-order valence-corrected chi connectivity index (χ2v) is 4.62. The molecule has 0 aromatic carbocycles. The maximum Gasteiger partial charge on any atom is 0.295 e.